The van der Waals surface area contributed by atoms with Gasteiger partial charge in [0.1, 0.15) is 0 Å². The second kappa shape index (κ2) is 5.88. The molecule has 0 atom stereocenters. The van der Waals surface area contributed by atoms with Gasteiger partial charge >= 0.3 is 6.18 Å². The Bertz CT molecular complexity index is 504. The standard InChI is InChI=1S/C14H20F3NO2Si/c1-13(2,3)21(4,5)20-9-11-7-6-10(8-18-11)12(19)14(15,16)17/h6-8H,9H2,1-5H3. The number of carbonyl (C=O) groups is 1. The Hall–Kier alpha value is -1.21. The maximum Gasteiger partial charge on any atom is 0.454 e. The normalized spacial score (nSPS) is 13.3. The Kier molecular flexibility index (Phi) is 5.00. The summed E-state index contributed by atoms with van der Waals surface area (Å²) in [6.45, 7) is 10.7. The van der Waals surface area contributed by atoms with E-state index in [1.165, 1.54) is 6.07 Å². The molecule has 118 valence electrons. The number of aromatic nitrogens is 1. The third kappa shape index (κ3) is 4.64. The van der Waals surface area contributed by atoms with Gasteiger partial charge in [-0.2, -0.15) is 13.2 Å². The minimum absolute atomic E-state index is 0.0409. The zero-order chi connectivity index (χ0) is 16.5. The van der Waals surface area contributed by atoms with Crippen molar-refractivity contribution in [3.63, 3.8) is 0 Å². The highest BCUT2D eigenvalue weighted by atomic mass is 28.4. The van der Waals surface area contributed by atoms with Crippen molar-refractivity contribution in [2.45, 2.75) is 51.7 Å². The quantitative estimate of drug-likeness (QED) is 0.612. The van der Waals surface area contributed by atoms with Gasteiger partial charge in [0.05, 0.1) is 12.3 Å². The van der Waals surface area contributed by atoms with Crippen LogP contribution in [0.1, 0.15) is 36.8 Å². The third-order valence-electron chi connectivity index (χ3n) is 3.73. The van der Waals surface area contributed by atoms with Gasteiger partial charge < -0.3 is 4.43 Å². The fourth-order valence-corrected chi connectivity index (χ4v) is 2.22. The molecular weight excluding hydrogens is 299 g/mol. The van der Waals surface area contributed by atoms with Crippen molar-refractivity contribution in [2.24, 2.45) is 0 Å². The lowest BCUT2D eigenvalue weighted by atomic mass is 10.2. The van der Waals surface area contributed by atoms with Gasteiger partial charge in [0.2, 0.25) is 0 Å². The number of halogens is 3. The van der Waals surface area contributed by atoms with E-state index in [0.29, 0.717) is 5.69 Å². The zero-order valence-electron chi connectivity index (χ0n) is 12.8. The molecule has 7 heteroatoms. The third-order valence-corrected chi connectivity index (χ3v) is 8.21. The summed E-state index contributed by atoms with van der Waals surface area (Å²) in [5, 5.41) is 0.0409. The van der Waals surface area contributed by atoms with Gasteiger partial charge in [0.25, 0.3) is 5.78 Å². The summed E-state index contributed by atoms with van der Waals surface area (Å²) in [6.07, 6.45) is -3.93. The van der Waals surface area contributed by atoms with Crippen molar-refractivity contribution < 1.29 is 22.4 Å². The van der Waals surface area contributed by atoms with Crippen molar-refractivity contribution in [1.29, 1.82) is 0 Å². The number of Topliss-reactive ketones (excluding diaryl/α,β-unsaturated/α-hetero) is 1. The number of ketones is 1. The maximum atomic E-state index is 12.3. The Balaban J connectivity index is 2.75. The lowest BCUT2D eigenvalue weighted by molar-refractivity contribution is -0.0885. The molecule has 0 aromatic carbocycles. The molecule has 0 unspecified atom stereocenters. The van der Waals surface area contributed by atoms with Gasteiger partial charge in [-0.3, -0.25) is 9.78 Å². The van der Waals surface area contributed by atoms with E-state index >= 15 is 0 Å². The van der Waals surface area contributed by atoms with Crippen molar-refractivity contribution >= 4 is 14.1 Å². The number of pyridine rings is 1. The summed E-state index contributed by atoms with van der Waals surface area (Å²) < 4.78 is 42.7. The van der Waals surface area contributed by atoms with E-state index in [2.05, 4.69) is 38.8 Å². The second-order valence-corrected chi connectivity index (χ2v) is 11.2. The van der Waals surface area contributed by atoms with Crippen LogP contribution in [-0.2, 0) is 11.0 Å². The number of rotatable bonds is 4. The van der Waals surface area contributed by atoms with Crippen LogP contribution < -0.4 is 0 Å². The zero-order valence-corrected chi connectivity index (χ0v) is 13.8. The van der Waals surface area contributed by atoms with E-state index in [0.717, 1.165) is 12.3 Å². The van der Waals surface area contributed by atoms with Crippen LogP contribution in [0.2, 0.25) is 18.1 Å². The first kappa shape index (κ1) is 17.8. The lowest BCUT2D eigenvalue weighted by Gasteiger charge is -2.36. The maximum absolute atomic E-state index is 12.3. The molecule has 0 aliphatic rings. The molecule has 3 nitrogen and oxygen atoms in total. The Morgan fingerprint density at radius 1 is 1.24 bits per heavy atom. The molecule has 1 aromatic rings. The molecule has 0 saturated carbocycles. The van der Waals surface area contributed by atoms with Gasteiger partial charge in [-0.25, -0.2) is 0 Å². The van der Waals surface area contributed by atoms with Gasteiger partial charge in [0, 0.05) is 11.8 Å². The van der Waals surface area contributed by atoms with Crippen molar-refractivity contribution in [1.82, 2.24) is 4.98 Å². The summed E-state index contributed by atoms with van der Waals surface area (Å²) in [5.74, 6) is -1.88. The van der Waals surface area contributed by atoms with Crippen molar-refractivity contribution in [3.05, 3.63) is 29.6 Å². The fraction of sp³-hybridized carbons (Fsp3) is 0.571. The smallest absolute Gasteiger partial charge is 0.411 e. The molecule has 0 bridgehead atoms. The summed E-state index contributed by atoms with van der Waals surface area (Å²) >= 11 is 0. The highest BCUT2D eigenvalue weighted by Gasteiger charge is 2.39. The molecule has 1 aromatic heterocycles. The van der Waals surface area contributed by atoms with E-state index in [4.69, 9.17) is 4.43 Å². The summed E-state index contributed by atoms with van der Waals surface area (Å²) in [6, 6.07) is 2.53. The molecule has 0 aliphatic heterocycles. The van der Waals surface area contributed by atoms with E-state index in [-0.39, 0.29) is 11.6 Å². The Labute approximate surface area is 123 Å². The van der Waals surface area contributed by atoms with Crippen LogP contribution >= 0.6 is 0 Å². The number of hydrogen-bond donors (Lipinski definition) is 0. The highest BCUT2D eigenvalue weighted by Crippen LogP contribution is 2.36. The largest absolute Gasteiger partial charge is 0.454 e. The minimum atomic E-state index is -4.87. The minimum Gasteiger partial charge on any atom is -0.411 e. The molecule has 0 N–H and O–H groups in total. The van der Waals surface area contributed by atoms with Crippen LogP contribution in [0.3, 0.4) is 0 Å². The van der Waals surface area contributed by atoms with Gasteiger partial charge in [-0.1, -0.05) is 20.8 Å². The Morgan fingerprint density at radius 3 is 2.19 bits per heavy atom. The van der Waals surface area contributed by atoms with E-state index in [9.17, 15) is 18.0 Å². The lowest BCUT2D eigenvalue weighted by Crippen LogP contribution is -2.40. The van der Waals surface area contributed by atoms with Crippen molar-refractivity contribution in [3.8, 4) is 0 Å². The van der Waals surface area contributed by atoms with E-state index < -0.39 is 25.8 Å². The molecule has 0 fully saturated rings. The highest BCUT2D eigenvalue weighted by molar-refractivity contribution is 6.74. The molecule has 21 heavy (non-hydrogen) atoms. The SMILES string of the molecule is CC(C)(C)[Si](C)(C)OCc1ccc(C(=O)C(F)(F)F)cn1. The number of nitrogens with zero attached hydrogens (tertiary/aromatic N) is 1. The van der Waals surface area contributed by atoms with Crippen LogP contribution in [0, 0.1) is 0 Å². The van der Waals surface area contributed by atoms with Crippen LogP contribution in [0.4, 0.5) is 13.2 Å². The first-order valence-electron chi connectivity index (χ1n) is 6.55. The molecule has 0 saturated heterocycles. The molecular formula is C14H20F3NO2Si. The fourth-order valence-electron chi connectivity index (χ4n) is 1.28. The van der Waals surface area contributed by atoms with Crippen LogP contribution in [-0.4, -0.2) is 25.3 Å². The number of carbonyl (C=O) groups excluding carboxylic acids is 1. The first-order chi connectivity index (χ1) is 9.34. The van der Waals surface area contributed by atoms with Crippen molar-refractivity contribution in [2.75, 3.05) is 0 Å². The first-order valence-corrected chi connectivity index (χ1v) is 9.46. The van der Waals surface area contributed by atoms with Gasteiger partial charge in [-0.05, 0) is 30.3 Å². The second-order valence-electron chi connectivity index (χ2n) is 6.41. The predicted octanol–water partition coefficient (Wildman–Crippen LogP) is 4.35. The van der Waals surface area contributed by atoms with Gasteiger partial charge in [-0.15, -0.1) is 0 Å². The molecule has 1 rings (SSSR count). The molecule has 1 heterocycles. The average Bonchev–Trinajstić information content (AvgIpc) is 2.34. The van der Waals surface area contributed by atoms with Crippen LogP contribution in [0.25, 0.3) is 0 Å². The summed E-state index contributed by atoms with van der Waals surface area (Å²) in [7, 11) is -1.94. The molecule has 0 aliphatic carbocycles. The molecule has 0 spiro atoms. The molecule has 0 amide bonds. The molecule has 0 radical (unpaired) electrons. The average molecular weight is 319 g/mol. The number of hydrogen-bond acceptors (Lipinski definition) is 3. The predicted molar refractivity (Wildman–Crippen MR) is 76.6 cm³/mol. The summed E-state index contributed by atoms with van der Waals surface area (Å²) in [4.78, 5) is 14.9. The monoisotopic (exact) mass is 319 g/mol. The van der Waals surface area contributed by atoms with E-state index in [1.54, 1.807) is 0 Å². The van der Waals surface area contributed by atoms with Gasteiger partial charge in [0.15, 0.2) is 8.32 Å². The van der Waals surface area contributed by atoms with E-state index in [1.807, 2.05) is 0 Å². The number of alkyl halides is 3. The Morgan fingerprint density at radius 2 is 1.81 bits per heavy atom. The van der Waals surface area contributed by atoms with Crippen LogP contribution in [0.5, 0.6) is 0 Å². The summed E-state index contributed by atoms with van der Waals surface area (Å²) in [5.41, 5.74) is 0.0529. The van der Waals surface area contributed by atoms with Crippen LogP contribution in [0.15, 0.2) is 18.3 Å². The topological polar surface area (TPSA) is 39.2 Å².